The van der Waals surface area contributed by atoms with Crippen molar-refractivity contribution in [2.45, 2.75) is 31.2 Å². The summed E-state index contributed by atoms with van der Waals surface area (Å²) in [6.45, 7) is 1.55. The highest BCUT2D eigenvalue weighted by Gasteiger charge is 2.67. The maximum absolute atomic E-state index is 12.9. The van der Waals surface area contributed by atoms with Crippen molar-refractivity contribution in [2.75, 3.05) is 7.11 Å². The molecule has 27 heavy (non-hydrogen) atoms. The molecule has 0 unspecified atom stereocenters. The Morgan fingerprint density at radius 3 is 2.59 bits per heavy atom. The fourth-order valence-electron chi connectivity index (χ4n) is 3.37. The van der Waals surface area contributed by atoms with Crippen molar-refractivity contribution >= 4 is 27.7 Å². The molecule has 3 atom stereocenters. The van der Waals surface area contributed by atoms with Gasteiger partial charge in [-0.3, -0.25) is 4.79 Å². The molecule has 2 bridgehead atoms. The minimum atomic E-state index is -1.62. The number of esters is 1. The van der Waals surface area contributed by atoms with Gasteiger partial charge >= 0.3 is 11.9 Å². The molecule has 2 aromatic rings. The molecule has 0 spiro atoms. The molecule has 0 saturated carbocycles. The lowest BCUT2D eigenvalue weighted by atomic mass is 9.89. The molecule has 2 aromatic carbocycles. The number of rotatable bonds is 4. The molecule has 0 amide bonds. The van der Waals surface area contributed by atoms with Crippen molar-refractivity contribution in [3.63, 3.8) is 0 Å². The number of fused-ring (bicyclic) bond motifs is 4. The Bertz CT molecular complexity index is 911. The number of ether oxygens (including phenoxy) is 4. The lowest BCUT2D eigenvalue weighted by Gasteiger charge is -2.30. The minimum absolute atomic E-state index is 0.0545. The monoisotopic (exact) mass is 432 g/mol. The quantitative estimate of drug-likeness (QED) is 0.690. The number of halogens is 1. The van der Waals surface area contributed by atoms with Crippen LogP contribution in [0.1, 0.15) is 28.4 Å². The molecule has 1 fully saturated rings. The maximum atomic E-state index is 12.9. The summed E-state index contributed by atoms with van der Waals surface area (Å²) in [7, 11) is 1.41. The molecule has 0 radical (unpaired) electrons. The fourth-order valence-corrected chi connectivity index (χ4v) is 3.64. The SMILES string of the molecule is CO[C@]12O[C@H](C(=O)c3ccccc31)[C@](C)(C(=O)OCc1ccc(Br)cc1)O2. The zero-order valence-corrected chi connectivity index (χ0v) is 16.3. The highest BCUT2D eigenvalue weighted by molar-refractivity contribution is 9.10. The fraction of sp³-hybridized carbons (Fsp3) is 0.300. The van der Waals surface area contributed by atoms with E-state index in [1.807, 2.05) is 24.3 Å². The summed E-state index contributed by atoms with van der Waals surface area (Å²) in [6, 6.07) is 14.2. The number of Topliss-reactive ketones (excluding diaryl/α,β-unsaturated/α-hetero) is 1. The molecule has 2 aliphatic rings. The van der Waals surface area contributed by atoms with Crippen LogP contribution in [0, 0.1) is 0 Å². The summed E-state index contributed by atoms with van der Waals surface area (Å²) in [5.74, 6) is -2.63. The highest BCUT2D eigenvalue weighted by atomic mass is 79.9. The number of benzene rings is 2. The molecule has 140 valence electrons. The number of hydrogen-bond donors (Lipinski definition) is 0. The molecular weight excluding hydrogens is 416 g/mol. The van der Waals surface area contributed by atoms with E-state index >= 15 is 0 Å². The average Bonchev–Trinajstić information content (AvgIpc) is 2.98. The van der Waals surface area contributed by atoms with Crippen LogP contribution in [0.4, 0.5) is 0 Å². The Hall–Kier alpha value is -2.06. The second-order valence-electron chi connectivity index (χ2n) is 6.58. The van der Waals surface area contributed by atoms with Crippen LogP contribution >= 0.6 is 15.9 Å². The minimum Gasteiger partial charge on any atom is -0.459 e. The van der Waals surface area contributed by atoms with Gasteiger partial charge in [-0.2, -0.15) is 0 Å². The first-order chi connectivity index (χ1) is 12.9. The third kappa shape index (κ3) is 2.82. The van der Waals surface area contributed by atoms with Gasteiger partial charge < -0.3 is 18.9 Å². The first-order valence-electron chi connectivity index (χ1n) is 8.38. The van der Waals surface area contributed by atoms with E-state index < -0.39 is 23.6 Å². The molecule has 2 aliphatic heterocycles. The van der Waals surface area contributed by atoms with E-state index in [0.717, 1.165) is 10.0 Å². The lowest BCUT2D eigenvalue weighted by Crippen LogP contribution is -2.49. The van der Waals surface area contributed by atoms with Gasteiger partial charge in [0.2, 0.25) is 5.60 Å². The van der Waals surface area contributed by atoms with Gasteiger partial charge in [0.1, 0.15) is 6.61 Å². The van der Waals surface area contributed by atoms with E-state index in [4.69, 9.17) is 18.9 Å². The molecular formula is C20H17BrO6. The van der Waals surface area contributed by atoms with Crippen molar-refractivity contribution in [3.8, 4) is 0 Å². The summed E-state index contributed by atoms with van der Waals surface area (Å²) < 4.78 is 23.5. The van der Waals surface area contributed by atoms with Crippen LogP contribution in [0.25, 0.3) is 0 Å². The molecule has 0 N–H and O–H groups in total. The summed E-state index contributed by atoms with van der Waals surface area (Å²) in [4.78, 5) is 25.8. The predicted molar refractivity (Wildman–Crippen MR) is 97.8 cm³/mol. The molecule has 4 rings (SSSR count). The normalized spacial score (nSPS) is 28.7. The van der Waals surface area contributed by atoms with Crippen molar-refractivity contribution < 1.29 is 28.5 Å². The van der Waals surface area contributed by atoms with E-state index in [9.17, 15) is 9.59 Å². The first-order valence-corrected chi connectivity index (χ1v) is 9.17. The van der Waals surface area contributed by atoms with Crippen molar-refractivity contribution in [1.82, 2.24) is 0 Å². The van der Waals surface area contributed by atoms with E-state index in [2.05, 4.69) is 15.9 Å². The van der Waals surface area contributed by atoms with E-state index in [1.165, 1.54) is 14.0 Å². The van der Waals surface area contributed by atoms with Gasteiger partial charge in [0.25, 0.3) is 0 Å². The molecule has 0 aromatic heterocycles. The molecule has 0 aliphatic carbocycles. The Balaban J connectivity index is 1.61. The summed E-state index contributed by atoms with van der Waals surface area (Å²) in [5.41, 5.74) is 0.0490. The number of ketones is 1. The number of carbonyl (C=O) groups excluding carboxylic acids is 2. The zero-order valence-electron chi connectivity index (χ0n) is 14.7. The van der Waals surface area contributed by atoms with Gasteiger partial charge in [0, 0.05) is 17.1 Å². The average molecular weight is 433 g/mol. The van der Waals surface area contributed by atoms with Crippen LogP contribution < -0.4 is 0 Å². The van der Waals surface area contributed by atoms with E-state index in [-0.39, 0.29) is 12.4 Å². The Morgan fingerprint density at radius 1 is 1.19 bits per heavy atom. The van der Waals surface area contributed by atoms with Gasteiger partial charge in [-0.05, 0) is 24.6 Å². The number of hydrogen-bond acceptors (Lipinski definition) is 6. The molecule has 1 saturated heterocycles. The van der Waals surface area contributed by atoms with Crippen LogP contribution in [0.5, 0.6) is 0 Å². The molecule has 2 heterocycles. The second-order valence-corrected chi connectivity index (χ2v) is 7.50. The van der Waals surface area contributed by atoms with E-state index in [0.29, 0.717) is 11.1 Å². The van der Waals surface area contributed by atoms with Gasteiger partial charge in [-0.25, -0.2) is 4.79 Å². The Kier molecular flexibility index (Phi) is 4.43. The van der Waals surface area contributed by atoms with Crippen molar-refractivity contribution in [2.24, 2.45) is 0 Å². The van der Waals surface area contributed by atoms with Gasteiger partial charge in [0.15, 0.2) is 11.9 Å². The highest BCUT2D eigenvalue weighted by Crippen LogP contribution is 2.50. The molecule has 6 nitrogen and oxygen atoms in total. The largest absolute Gasteiger partial charge is 0.459 e. The maximum Gasteiger partial charge on any atom is 0.341 e. The van der Waals surface area contributed by atoms with Crippen molar-refractivity contribution in [3.05, 3.63) is 69.7 Å². The topological polar surface area (TPSA) is 71.1 Å². The smallest absolute Gasteiger partial charge is 0.341 e. The van der Waals surface area contributed by atoms with E-state index in [1.54, 1.807) is 24.3 Å². The number of carbonyl (C=O) groups is 2. The van der Waals surface area contributed by atoms with Crippen LogP contribution in [-0.2, 0) is 36.3 Å². The van der Waals surface area contributed by atoms with Gasteiger partial charge in [-0.1, -0.05) is 52.3 Å². The Morgan fingerprint density at radius 2 is 1.89 bits per heavy atom. The summed E-state index contributed by atoms with van der Waals surface area (Å²) in [5, 5.41) is 0. The number of methoxy groups -OCH3 is 1. The second kappa shape index (κ2) is 6.53. The van der Waals surface area contributed by atoms with Crippen LogP contribution in [0.15, 0.2) is 53.0 Å². The van der Waals surface area contributed by atoms with Crippen LogP contribution in [-0.4, -0.2) is 30.6 Å². The first kappa shape index (κ1) is 18.3. The molecule has 7 heteroatoms. The third-order valence-corrected chi connectivity index (χ3v) is 5.37. The summed E-state index contributed by atoms with van der Waals surface area (Å²) >= 11 is 3.36. The van der Waals surface area contributed by atoms with Crippen molar-refractivity contribution in [1.29, 1.82) is 0 Å². The van der Waals surface area contributed by atoms with Crippen LogP contribution in [0.2, 0.25) is 0 Å². The third-order valence-electron chi connectivity index (χ3n) is 4.84. The predicted octanol–water partition coefficient (Wildman–Crippen LogP) is 3.32. The van der Waals surface area contributed by atoms with Crippen LogP contribution in [0.3, 0.4) is 0 Å². The standard InChI is InChI=1S/C20H17BrO6/c1-19(18(23)25-11-12-7-9-13(21)10-8-12)17-16(22)14-5-3-4-6-15(14)20(24-2,26-17)27-19/h3-10,17H,11H2,1-2H3/t17-,19-,20+/m1/s1. The Labute approximate surface area is 164 Å². The van der Waals surface area contributed by atoms with Gasteiger partial charge in [0.05, 0.1) is 5.56 Å². The van der Waals surface area contributed by atoms with Gasteiger partial charge in [-0.15, -0.1) is 0 Å². The summed E-state index contributed by atoms with van der Waals surface area (Å²) in [6.07, 6.45) is -1.15. The lowest BCUT2D eigenvalue weighted by molar-refractivity contribution is -0.348. The zero-order chi connectivity index (χ0) is 19.2.